The molecule has 0 unspecified atom stereocenters. The number of halogens is 3. The third kappa shape index (κ3) is 2.92. The predicted molar refractivity (Wildman–Crippen MR) is 89.6 cm³/mol. The lowest BCUT2D eigenvalue weighted by Gasteiger charge is -2.04. The average Bonchev–Trinajstić information content (AvgIpc) is 2.78. The molecule has 22 heavy (non-hydrogen) atoms. The molecule has 5 nitrogen and oxygen atoms in total. The monoisotopic (exact) mass is 353 g/mol. The summed E-state index contributed by atoms with van der Waals surface area (Å²) in [7, 11) is 1.80. The fourth-order valence-corrected chi connectivity index (χ4v) is 2.78. The molecule has 112 valence electrons. The van der Waals surface area contributed by atoms with Crippen LogP contribution < -0.4 is 0 Å². The highest BCUT2D eigenvalue weighted by Gasteiger charge is 2.11. The van der Waals surface area contributed by atoms with Gasteiger partial charge in [0.25, 0.3) is 0 Å². The molecule has 2 aromatic heterocycles. The number of hydrogen-bond donors (Lipinski definition) is 0. The Morgan fingerprint density at radius 1 is 1.18 bits per heavy atom. The molecule has 0 aliphatic heterocycles. The molecule has 0 saturated carbocycles. The molecule has 2 heterocycles. The first-order chi connectivity index (χ1) is 10.4. The van der Waals surface area contributed by atoms with E-state index in [-0.39, 0.29) is 5.28 Å². The van der Waals surface area contributed by atoms with Crippen molar-refractivity contribution in [2.45, 2.75) is 6.92 Å². The van der Waals surface area contributed by atoms with Crippen LogP contribution >= 0.6 is 34.8 Å². The van der Waals surface area contributed by atoms with Crippen molar-refractivity contribution in [3.8, 4) is 0 Å². The van der Waals surface area contributed by atoms with E-state index in [1.54, 1.807) is 30.1 Å². The lowest BCUT2D eigenvalue weighted by Crippen LogP contribution is -1.96. The highest BCUT2D eigenvalue weighted by atomic mass is 35.5. The largest absolute Gasteiger partial charge is 0.273 e. The number of fused-ring (bicyclic) bond motifs is 1. The van der Waals surface area contributed by atoms with Gasteiger partial charge in [0.2, 0.25) is 5.28 Å². The third-order valence-electron chi connectivity index (χ3n) is 3.03. The minimum atomic E-state index is 0.120. The Kier molecular flexibility index (Phi) is 4.04. The first-order valence-electron chi connectivity index (χ1n) is 6.31. The Hall–Kier alpha value is -1.69. The van der Waals surface area contributed by atoms with Crippen molar-refractivity contribution in [2.75, 3.05) is 0 Å². The van der Waals surface area contributed by atoms with E-state index in [1.807, 2.05) is 13.0 Å². The molecule has 0 spiro atoms. The van der Waals surface area contributed by atoms with Gasteiger partial charge in [0.05, 0.1) is 11.2 Å². The molecule has 8 heteroatoms. The van der Waals surface area contributed by atoms with Crippen LogP contribution in [0.3, 0.4) is 0 Å². The van der Waals surface area contributed by atoms with E-state index < -0.39 is 0 Å². The average molecular weight is 355 g/mol. The van der Waals surface area contributed by atoms with Gasteiger partial charge in [-0.3, -0.25) is 4.68 Å². The summed E-state index contributed by atoms with van der Waals surface area (Å²) in [4.78, 5) is 12.8. The zero-order valence-corrected chi connectivity index (χ0v) is 13.9. The van der Waals surface area contributed by atoms with E-state index in [9.17, 15) is 0 Å². The van der Waals surface area contributed by atoms with Gasteiger partial charge in [-0.05, 0) is 30.7 Å². The van der Waals surface area contributed by atoms with Gasteiger partial charge < -0.3 is 0 Å². The summed E-state index contributed by atoms with van der Waals surface area (Å²) in [6.45, 7) is 1.83. The molecular weight excluding hydrogens is 345 g/mol. The second kappa shape index (κ2) is 5.83. The summed E-state index contributed by atoms with van der Waals surface area (Å²) in [5, 5.41) is 5.52. The molecular formula is C14H10Cl3N5. The number of rotatable bonds is 2. The SMILES string of the molecule is CC(=Nc1nc(Cl)nc2cn(C)nc12)c1ccc(Cl)cc1Cl. The summed E-state index contributed by atoms with van der Waals surface area (Å²) < 4.78 is 1.64. The number of hydrogen-bond acceptors (Lipinski definition) is 4. The Balaban J connectivity index is 2.15. The first kappa shape index (κ1) is 15.2. The minimum Gasteiger partial charge on any atom is -0.273 e. The van der Waals surface area contributed by atoms with Crippen LogP contribution in [0.1, 0.15) is 12.5 Å². The molecule has 0 bridgehead atoms. The van der Waals surface area contributed by atoms with Crippen molar-refractivity contribution in [1.82, 2.24) is 19.7 Å². The van der Waals surface area contributed by atoms with Gasteiger partial charge in [-0.15, -0.1) is 0 Å². The highest BCUT2D eigenvalue weighted by Crippen LogP contribution is 2.26. The van der Waals surface area contributed by atoms with E-state index in [0.717, 1.165) is 5.56 Å². The molecule has 0 aliphatic rings. The van der Waals surface area contributed by atoms with Gasteiger partial charge in [0.1, 0.15) is 5.52 Å². The minimum absolute atomic E-state index is 0.120. The molecule has 3 aromatic rings. The van der Waals surface area contributed by atoms with Crippen molar-refractivity contribution < 1.29 is 0 Å². The second-order valence-electron chi connectivity index (χ2n) is 4.67. The van der Waals surface area contributed by atoms with E-state index in [0.29, 0.717) is 32.6 Å². The summed E-state index contributed by atoms with van der Waals surface area (Å²) in [5.41, 5.74) is 2.67. The predicted octanol–water partition coefficient (Wildman–Crippen LogP) is 4.46. The normalized spacial score (nSPS) is 12.1. The van der Waals surface area contributed by atoms with E-state index in [2.05, 4.69) is 20.1 Å². The van der Waals surface area contributed by atoms with Gasteiger partial charge in [0, 0.05) is 23.3 Å². The Labute approximate surface area is 141 Å². The zero-order chi connectivity index (χ0) is 15.9. The topological polar surface area (TPSA) is 56.0 Å². The van der Waals surface area contributed by atoms with Crippen molar-refractivity contribution in [3.63, 3.8) is 0 Å². The van der Waals surface area contributed by atoms with Crippen molar-refractivity contribution in [1.29, 1.82) is 0 Å². The maximum atomic E-state index is 6.20. The second-order valence-corrected chi connectivity index (χ2v) is 5.86. The summed E-state index contributed by atoms with van der Waals surface area (Å²) in [6.07, 6.45) is 1.76. The summed E-state index contributed by atoms with van der Waals surface area (Å²) >= 11 is 18.1. The summed E-state index contributed by atoms with van der Waals surface area (Å²) in [6, 6.07) is 5.23. The Morgan fingerprint density at radius 3 is 2.68 bits per heavy atom. The van der Waals surface area contributed by atoms with Crippen LogP contribution in [0, 0.1) is 0 Å². The van der Waals surface area contributed by atoms with Crippen LogP contribution in [0.4, 0.5) is 5.82 Å². The zero-order valence-electron chi connectivity index (χ0n) is 11.7. The molecule has 0 atom stereocenters. The van der Waals surface area contributed by atoms with Crippen LogP contribution in [0.5, 0.6) is 0 Å². The molecule has 1 aromatic carbocycles. The molecule has 0 amide bonds. The van der Waals surface area contributed by atoms with E-state index in [1.165, 1.54) is 0 Å². The smallest absolute Gasteiger partial charge is 0.225 e. The number of aryl methyl sites for hydroxylation is 1. The van der Waals surface area contributed by atoms with E-state index >= 15 is 0 Å². The molecule has 0 saturated heterocycles. The molecule has 0 N–H and O–H groups in total. The van der Waals surface area contributed by atoms with Gasteiger partial charge in [-0.2, -0.15) is 10.1 Å². The van der Waals surface area contributed by atoms with Gasteiger partial charge in [0.15, 0.2) is 11.3 Å². The number of aliphatic imine (C=N–C) groups is 1. The van der Waals surface area contributed by atoms with Crippen molar-refractivity contribution in [3.05, 3.63) is 45.3 Å². The molecule has 0 radical (unpaired) electrons. The fourth-order valence-electron chi connectivity index (χ4n) is 2.06. The van der Waals surface area contributed by atoms with Gasteiger partial charge >= 0.3 is 0 Å². The first-order valence-corrected chi connectivity index (χ1v) is 7.45. The van der Waals surface area contributed by atoms with Gasteiger partial charge in [-0.1, -0.05) is 29.3 Å². The number of nitrogens with zero attached hydrogens (tertiary/aromatic N) is 5. The molecule has 0 fully saturated rings. The Morgan fingerprint density at radius 2 is 1.95 bits per heavy atom. The van der Waals surface area contributed by atoms with Crippen LogP contribution in [-0.2, 0) is 7.05 Å². The lowest BCUT2D eigenvalue weighted by molar-refractivity contribution is 0.779. The van der Waals surface area contributed by atoms with Crippen LogP contribution in [-0.4, -0.2) is 25.5 Å². The summed E-state index contributed by atoms with van der Waals surface area (Å²) in [5.74, 6) is 0.402. The maximum Gasteiger partial charge on any atom is 0.225 e. The maximum absolute atomic E-state index is 6.20. The highest BCUT2D eigenvalue weighted by molar-refractivity contribution is 6.37. The molecule has 0 aliphatic carbocycles. The van der Waals surface area contributed by atoms with Crippen LogP contribution in [0.2, 0.25) is 15.3 Å². The molecule has 3 rings (SSSR count). The Bertz CT molecular complexity index is 901. The fraction of sp³-hybridized carbons (Fsp3) is 0.143. The number of aromatic nitrogens is 4. The van der Waals surface area contributed by atoms with Crippen molar-refractivity contribution >= 4 is 57.4 Å². The van der Waals surface area contributed by atoms with Crippen LogP contribution in [0.15, 0.2) is 29.4 Å². The number of benzene rings is 1. The third-order valence-corrected chi connectivity index (χ3v) is 3.74. The van der Waals surface area contributed by atoms with Crippen LogP contribution in [0.25, 0.3) is 11.0 Å². The van der Waals surface area contributed by atoms with Gasteiger partial charge in [-0.25, -0.2) is 9.98 Å². The quantitative estimate of drug-likeness (QED) is 0.504. The van der Waals surface area contributed by atoms with Crippen molar-refractivity contribution in [2.24, 2.45) is 12.0 Å². The van der Waals surface area contributed by atoms with E-state index in [4.69, 9.17) is 34.8 Å². The standard InChI is InChI=1S/C14H10Cl3N5/c1-7(9-4-3-8(15)5-10(9)16)18-13-12-11(6-22(2)21-12)19-14(17)20-13/h3-6H,1-2H3. The lowest BCUT2D eigenvalue weighted by atomic mass is 10.1.